The molecular weight excluding hydrogens is 410 g/mol. The molecule has 0 aromatic heterocycles. The summed E-state index contributed by atoms with van der Waals surface area (Å²) in [5.74, 6) is -0.272. The van der Waals surface area contributed by atoms with Crippen LogP contribution in [0, 0.1) is 0 Å². The fourth-order valence-corrected chi connectivity index (χ4v) is 3.10. The molecule has 0 heterocycles. The molecule has 1 rings (SSSR count). The summed E-state index contributed by atoms with van der Waals surface area (Å²) in [4.78, 5) is 35.8. The topological polar surface area (TPSA) is 81.7 Å². The summed E-state index contributed by atoms with van der Waals surface area (Å²) < 4.78 is 10.6. The van der Waals surface area contributed by atoms with Crippen molar-refractivity contribution in [3.05, 3.63) is 34.3 Å². The minimum atomic E-state index is -0.889. The number of ether oxygens (including phenoxy) is 2. The lowest BCUT2D eigenvalue weighted by Crippen LogP contribution is -2.45. The number of hydrogen-bond donors (Lipinski definition) is 1. The highest BCUT2D eigenvalue weighted by molar-refractivity contribution is 9.10. The number of esters is 1. The van der Waals surface area contributed by atoms with E-state index >= 15 is 0 Å². The average Bonchev–Trinajstić information content (AvgIpc) is 2.51. The number of Topliss-reactive ketones (excluding diaryl/α,β-unsaturated/α-hetero) is 1. The molecule has 0 bridgehead atoms. The van der Waals surface area contributed by atoms with Crippen molar-refractivity contribution in [3.8, 4) is 0 Å². The van der Waals surface area contributed by atoms with Crippen molar-refractivity contribution in [1.82, 2.24) is 5.32 Å². The monoisotopic (exact) mass is 431 g/mol. The molecule has 0 aliphatic carbocycles. The van der Waals surface area contributed by atoms with Crippen molar-refractivity contribution in [2.24, 2.45) is 0 Å². The van der Waals surface area contributed by atoms with E-state index in [1.807, 2.05) is 6.07 Å². The zero-order valence-electron chi connectivity index (χ0n) is 14.6. The lowest BCUT2D eigenvalue weighted by atomic mass is 10.2. The second-order valence-corrected chi connectivity index (χ2v) is 8.12. The normalized spacial score (nSPS) is 12.2. The summed E-state index contributed by atoms with van der Waals surface area (Å²) in [5.41, 5.74) is -0.0919. The number of nitrogens with one attached hydrogen (secondary N) is 1. The molecule has 0 saturated heterocycles. The Balaban J connectivity index is 2.57. The minimum Gasteiger partial charge on any atom is -0.467 e. The Bertz CT molecular complexity index is 630. The number of benzene rings is 1. The fraction of sp³-hybridized carbons (Fsp3) is 0.471. The summed E-state index contributed by atoms with van der Waals surface area (Å²) in [7, 11) is 1.24. The third-order valence-corrected chi connectivity index (χ3v) is 4.37. The zero-order chi connectivity index (χ0) is 19.0. The smallest absolute Gasteiger partial charge is 0.408 e. The fourth-order valence-electron chi connectivity index (χ4n) is 1.78. The van der Waals surface area contributed by atoms with Gasteiger partial charge in [-0.15, -0.1) is 0 Å². The molecule has 0 radical (unpaired) electrons. The molecule has 0 saturated carbocycles. The quantitative estimate of drug-likeness (QED) is 0.525. The Morgan fingerprint density at radius 1 is 1.28 bits per heavy atom. The maximum Gasteiger partial charge on any atom is 0.408 e. The number of carbonyl (C=O) groups is 3. The molecule has 1 aromatic carbocycles. The molecule has 1 N–H and O–H groups in total. The number of amides is 1. The average molecular weight is 432 g/mol. The minimum absolute atomic E-state index is 0.0628. The van der Waals surface area contributed by atoms with Crippen LogP contribution < -0.4 is 5.32 Å². The molecule has 8 heteroatoms. The predicted octanol–water partition coefficient (Wildman–Crippen LogP) is 3.43. The first kappa shape index (κ1) is 21.5. The SMILES string of the molecule is COC(=O)[C@H](CSCC(=O)c1cccc(Br)c1)NC(=O)OC(C)(C)C. The highest BCUT2D eigenvalue weighted by Gasteiger charge is 2.25. The van der Waals surface area contributed by atoms with Crippen LogP contribution in [-0.2, 0) is 14.3 Å². The number of ketones is 1. The molecule has 1 atom stereocenters. The number of methoxy groups -OCH3 is 1. The van der Waals surface area contributed by atoms with Gasteiger partial charge in [-0.2, -0.15) is 11.8 Å². The standard InChI is InChI=1S/C17H22BrNO5S/c1-17(2,3)24-16(22)19-13(15(21)23-4)9-25-10-14(20)11-6-5-7-12(18)8-11/h5-8,13H,9-10H2,1-4H3,(H,19,22)/t13-/m0/s1. The van der Waals surface area contributed by atoms with Crippen LogP contribution in [0.2, 0.25) is 0 Å². The van der Waals surface area contributed by atoms with Crippen molar-refractivity contribution in [2.75, 3.05) is 18.6 Å². The van der Waals surface area contributed by atoms with Crippen molar-refractivity contribution in [2.45, 2.75) is 32.4 Å². The van der Waals surface area contributed by atoms with E-state index in [-0.39, 0.29) is 17.3 Å². The maximum absolute atomic E-state index is 12.2. The van der Waals surface area contributed by atoms with Crippen LogP contribution >= 0.6 is 27.7 Å². The highest BCUT2D eigenvalue weighted by atomic mass is 79.9. The molecular formula is C17H22BrNO5S. The Morgan fingerprint density at radius 2 is 1.96 bits per heavy atom. The molecule has 0 spiro atoms. The van der Waals surface area contributed by atoms with Crippen molar-refractivity contribution < 1.29 is 23.9 Å². The van der Waals surface area contributed by atoms with Crippen LogP contribution in [0.25, 0.3) is 0 Å². The zero-order valence-corrected chi connectivity index (χ0v) is 17.0. The Morgan fingerprint density at radius 3 is 2.52 bits per heavy atom. The van der Waals surface area contributed by atoms with Crippen LogP contribution in [-0.4, -0.2) is 48.1 Å². The van der Waals surface area contributed by atoms with Gasteiger partial charge in [0.1, 0.15) is 11.6 Å². The van der Waals surface area contributed by atoms with Gasteiger partial charge in [0, 0.05) is 15.8 Å². The van der Waals surface area contributed by atoms with Gasteiger partial charge >= 0.3 is 12.1 Å². The van der Waals surface area contributed by atoms with Gasteiger partial charge < -0.3 is 14.8 Å². The van der Waals surface area contributed by atoms with Gasteiger partial charge in [0.15, 0.2) is 5.78 Å². The molecule has 25 heavy (non-hydrogen) atoms. The largest absolute Gasteiger partial charge is 0.467 e. The first-order valence-corrected chi connectivity index (χ1v) is 9.51. The molecule has 0 fully saturated rings. The van der Waals surface area contributed by atoms with Gasteiger partial charge in [-0.05, 0) is 32.9 Å². The van der Waals surface area contributed by atoms with Gasteiger partial charge in [-0.1, -0.05) is 28.1 Å². The highest BCUT2D eigenvalue weighted by Crippen LogP contribution is 2.15. The van der Waals surface area contributed by atoms with E-state index in [9.17, 15) is 14.4 Å². The number of hydrogen-bond acceptors (Lipinski definition) is 6. The van der Waals surface area contributed by atoms with Crippen LogP contribution in [0.1, 0.15) is 31.1 Å². The maximum atomic E-state index is 12.2. The molecule has 1 aromatic rings. The molecule has 138 valence electrons. The lowest BCUT2D eigenvalue weighted by molar-refractivity contribution is -0.142. The summed E-state index contributed by atoms with van der Waals surface area (Å²) in [5, 5.41) is 2.47. The number of halogens is 1. The van der Waals surface area contributed by atoms with Gasteiger partial charge in [0.2, 0.25) is 0 Å². The van der Waals surface area contributed by atoms with Gasteiger partial charge in [-0.25, -0.2) is 9.59 Å². The summed E-state index contributed by atoms with van der Waals surface area (Å²) in [6.45, 7) is 5.18. The first-order valence-electron chi connectivity index (χ1n) is 7.56. The lowest BCUT2D eigenvalue weighted by Gasteiger charge is -2.22. The van der Waals surface area contributed by atoms with Crippen molar-refractivity contribution >= 4 is 45.5 Å². The Hall–Kier alpha value is -1.54. The number of thioether (sulfide) groups is 1. The summed E-state index contributed by atoms with van der Waals surface area (Å²) in [6, 6.07) is 6.19. The Kier molecular flexibility index (Phi) is 8.44. The van der Waals surface area contributed by atoms with Crippen LogP contribution in [0.5, 0.6) is 0 Å². The molecule has 0 aliphatic heterocycles. The van der Waals surface area contributed by atoms with E-state index in [1.165, 1.54) is 18.9 Å². The number of rotatable bonds is 7. The van der Waals surface area contributed by atoms with E-state index in [2.05, 4.69) is 26.0 Å². The van der Waals surface area contributed by atoms with E-state index in [4.69, 9.17) is 4.74 Å². The number of carbonyl (C=O) groups excluding carboxylic acids is 3. The predicted molar refractivity (Wildman–Crippen MR) is 101 cm³/mol. The van der Waals surface area contributed by atoms with E-state index in [0.29, 0.717) is 5.56 Å². The van der Waals surface area contributed by atoms with Gasteiger partial charge in [-0.3, -0.25) is 4.79 Å². The first-order chi connectivity index (χ1) is 11.6. The molecule has 6 nitrogen and oxygen atoms in total. The van der Waals surface area contributed by atoms with Crippen LogP contribution in [0.4, 0.5) is 4.79 Å². The summed E-state index contributed by atoms with van der Waals surface area (Å²) in [6.07, 6.45) is -0.707. The second kappa shape index (κ2) is 9.82. The van der Waals surface area contributed by atoms with Crippen molar-refractivity contribution in [1.29, 1.82) is 0 Å². The molecule has 0 unspecified atom stereocenters. The molecule has 0 aliphatic rings. The molecule has 1 amide bonds. The Labute approximate surface area is 160 Å². The van der Waals surface area contributed by atoms with Gasteiger partial charge in [0.05, 0.1) is 12.9 Å². The van der Waals surface area contributed by atoms with E-state index < -0.39 is 23.7 Å². The third kappa shape index (κ3) is 8.40. The van der Waals surface area contributed by atoms with Gasteiger partial charge in [0.25, 0.3) is 0 Å². The van der Waals surface area contributed by atoms with E-state index in [0.717, 1.165) is 4.47 Å². The second-order valence-electron chi connectivity index (χ2n) is 6.17. The van der Waals surface area contributed by atoms with E-state index in [1.54, 1.807) is 39.0 Å². The summed E-state index contributed by atoms with van der Waals surface area (Å²) >= 11 is 4.56. The number of alkyl carbamates (subject to hydrolysis) is 1. The van der Waals surface area contributed by atoms with Crippen LogP contribution in [0.3, 0.4) is 0 Å². The third-order valence-electron chi connectivity index (χ3n) is 2.84. The van der Waals surface area contributed by atoms with Crippen molar-refractivity contribution in [3.63, 3.8) is 0 Å². The van der Waals surface area contributed by atoms with Crippen LogP contribution in [0.15, 0.2) is 28.7 Å².